The molecule has 1 fully saturated rings. The zero-order valence-electron chi connectivity index (χ0n) is 13.3. The molecule has 8 heteroatoms. The number of nitrogens with zero attached hydrogens (tertiary/aromatic N) is 2. The second-order valence-corrected chi connectivity index (χ2v) is 6.91. The van der Waals surface area contributed by atoms with E-state index in [1.165, 1.54) is 18.2 Å². The first kappa shape index (κ1) is 17.3. The predicted molar refractivity (Wildman–Crippen MR) is 87.9 cm³/mol. The number of rotatable bonds is 3. The summed E-state index contributed by atoms with van der Waals surface area (Å²) in [6, 6.07) is 4.29. The summed E-state index contributed by atoms with van der Waals surface area (Å²) in [5, 5.41) is 14.6. The van der Waals surface area contributed by atoms with Gasteiger partial charge in [-0.15, -0.1) is 0 Å². The number of hydrogen-bond acceptors (Lipinski definition) is 5. The molecule has 0 aliphatic carbocycles. The highest BCUT2D eigenvalue weighted by atomic mass is 35.5. The van der Waals surface area contributed by atoms with Crippen molar-refractivity contribution in [2.45, 2.75) is 38.8 Å². The molecule has 0 bridgehead atoms. The van der Waals surface area contributed by atoms with E-state index in [2.05, 4.69) is 5.32 Å². The molecule has 126 valence electrons. The van der Waals surface area contributed by atoms with Gasteiger partial charge in [0.2, 0.25) is 0 Å². The minimum atomic E-state index is -0.547. The fourth-order valence-corrected chi connectivity index (χ4v) is 2.55. The van der Waals surface area contributed by atoms with E-state index < -0.39 is 10.5 Å². The lowest BCUT2D eigenvalue weighted by molar-refractivity contribution is -0.384. The van der Waals surface area contributed by atoms with Gasteiger partial charge < -0.3 is 15.0 Å². The molecular formula is C15H20ClN3O4. The third kappa shape index (κ3) is 4.72. The molecule has 7 nitrogen and oxygen atoms in total. The average Bonchev–Trinajstić information content (AvgIpc) is 2.85. The topological polar surface area (TPSA) is 84.7 Å². The van der Waals surface area contributed by atoms with Crippen molar-refractivity contribution in [3.63, 3.8) is 0 Å². The Morgan fingerprint density at radius 3 is 2.78 bits per heavy atom. The number of benzene rings is 1. The number of nitro groups is 1. The van der Waals surface area contributed by atoms with E-state index >= 15 is 0 Å². The van der Waals surface area contributed by atoms with Crippen molar-refractivity contribution in [3.05, 3.63) is 33.3 Å². The van der Waals surface area contributed by atoms with Crippen LogP contribution in [0.5, 0.6) is 0 Å². The maximum Gasteiger partial charge on any atom is 0.410 e. The molecule has 1 unspecified atom stereocenters. The molecule has 0 spiro atoms. The summed E-state index contributed by atoms with van der Waals surface area (Å²) in [5.41, 5.74) is -0.224. The van der Waals surface area contributed by atoms with E-state index in [-0.39, 0.29) is 17.8 Å². The standard InChI is InChI=1S/C15H20ClN3O4/c1-15(2,3)23-14(20)18-7-6-11(9-18)17-12-8-10(16)4-5-13(12)19(21)22/h4-5,8,11,17H,6-7,9H2,1-3H3. The lowest BCUT2D eigenvalue weighted by Crippen LogP contribution is -2.36. The average molecular weight is 342 g/mol. The van der Waals surface area contributed by atoms with Crippen LogP contribution in [0.3, 0.4) is 0 Å². The molecule has 1 saturated heterocycles. The van der Waals surface area contributed by atoms with Crippen molar-refractivity contribution in [1.29, 1.82) is 0 Å². The summed E-state index contributed by atoms with van der Waals surface area (Å²) in [6.45, 7) is 6.41. The molecule has 1 aliphatic heterocycles. The van der Waals surface area contributed by atoms with E-state index in [0.29, 0.717) is 30.2 Å². The summed E-state index contributed by atoms with van der Waals surface area (Å²) in [7, 11) is 0. The zero-order valence-corrected chi connectivity index (χ0v) is 14.1. The number of ether oxygens (including phenoxy) is 1. The molecule has 23 heavy (non-hydrogen) atoms. The highest BCUT2D eigenvalue weighted by Gasteiger charge is 2.30. The Labute approximate surface area is 139 Å². The molecule has 1 aliphatic rings. The minimum Gasteiger partial charge on any atom is -0.444 e. The normalized spacial score (nSPS) is 17.9. The van der Waals surface area contributed by atoms with Gasteiger partial charge in [0.25, 0.3) is 5.69 Å². The van der Waals surface area contributed by atoms with Crippen molar-refractivity contribution in [2.24, 2.45) is 0 Å². The van der Waals surface area contributed by atoms with Crippen LogP contribution in [0.2, 0.25) is 5.02 Å². The Kier molecular flexibility index (Phi) is 4.99. The summed E-state index contributed by atoms with van der Waals surface area (Å²) in [4.78, 5) is 24.2. The first-order valence-electron chi connectivity index (χ1n) is 7.34. The molecule has 1 atom stereocenters. The van der Waals surface area contributed by atoms with Gasteiger partial charge in [-0.05, 0) is 39.3 Å². The molecule has 1 aromatic carbocycles. The third-order valence-corrected chi connectivity index (χ3v) is 3.59. The van der Waals surface area contributed by atoms with Crippen molar-refractivity contribution >= 4 is 29.1 Å². The molecule has 0 aromatic heterocycles. The van der Waals surface area contributed by atoms with Crippen LogP contribution in [-0.4, -0.2) is 40.6 Å². The Balaban J connectivity index is 2.02. The quantitative estimate of drug-likeness (QED) is 0.669. The number of nitrogens with one attached hydrogen (secondary N) is 1. The zero-order chi connectivity index (χ0) is 17.2. The van der Waals surface area contributed by atoms with Crippen LogP contribution < -0.4 is 5.32 Å². The van der Waals surface area contributed by atoms with Gasteiger partial charge in [-0.1, -0.05) is 11.6 Å². The van der Waals surface area contributed by atoms with Crippen LogP contribution in [0.4, 0.5) is 16.2 Å². The van der Waals surface area contributed by atoms with E-state index in [1.54, 1.807) is 4.90 Å². The van der Waals surface area contributed by atoms with Gasteiger partial charge in [-0.25, -0.2) is 4.79 Å². The number of carbonyl (C=O) groups excluding carboxylic acids is 1. The molecule has 1 amide bonds. The second-order valence-electron chi connectivity index (χ2n) is 6.47. The smallest absolute Gasteiger partial charge is 0.410 e. The van der Waals surface area contributed by atoms with Crippen LogP contribution >= 0.6 is 11.6 Å². The molecule has 0 radical (unpaired) electrons. The van der Waals surface area contributed by atoms with E-state index in [4.69, 9.17) is 16.3 Å². The molecule has 1 aromatic rings. The van der Waals surface area contributed by atoms with Crippen LogP contribution in [0.1, 0.15) is 27.2 Å². The monoisotopic (exact) mass is 341 g/mol. The molecule has 2 rings (SSSR count). The second kappa shape index (κ2) is 6.62. The fraction of sp³-hybridized carbons (Fsp3) is 0.533. The van der Waals surface area contributed by atoms with Crippen LogP contribution in [-0.2, 0) is 4.74 Å². The van der Waals surface area contributed by atoms with Crippen LogP contribution in [0, 0.1) is 10.1 Å². The molecule has 1 N–H and O–H groups in total. The Morgan fingerprint density at radius 1 is 1.48 bits per heavy atom. The third-order valence-electron chi connectivity index (χ3n) is 3.35. The fourth-order valence-electron chi connectivity index (χ4n) is 2.37. The Bertz CT molecular complexity index is 615. The number of amides is 1. The number of anilines is 1. The van der Waals surface area contributed by atoms with Gasteiger partial charge in [-0.3, -0.25) is 10.1 Å². The van der Waals surface area contributed by atoms with E-state index in [0.717, 1.165) is 0 Å². The van der Waals surface area contributed by atoms with E-state index in [9.17, 15) is 14.9 Å². The maximum absolute atomic E-state index is 12.0. The van der Waals surface area contributed by atoms with E-state index in [1.807, 2.05) is 20.8 Å². The highest BCUT2D eigenvalue weighted by Crippen LogP contribution is 2.29. The summed E-state index contributed by atoms with van der Waals surface area (Å²) in [6.07, 6.45) is 0.311. The van der Waals surface area contributed by atoms with Gasteiger partial charge in [0.15, 0.2) is 0 Å². The number of nitro benzene ring substituents is 1. The SMILES string of the molecule is CC(C)(C)OC(=O)N1CCC(Nc2cc(Cl)ccc2[N+](=O)[O-])C1. The molecular weight excluding hydrogens is 322 g/mol. The van der Waals surface area contributed by atoms with Gasteiger partial charge in [0.1, 0.15) is 11.3 Å². The molecule has 0 saturated carbocycles. The van der Waals surface area contributed by atoms with Crippen molar-refractivity contribution in [3.8, 4) is 0 Å². The first-order valence-corrected chi connectivity index (χ1v) is 7.72. The van der Waals surface area contributed by atoms with Gasteiger partial charge in [0.05, 0.1) is 4.92 Å². The predicted octanol–water partition coefficient (Wildman–Crippen LogP) is 3.67. The van der Waals surface area contributed by atoms with Crippen molar-refractivity contribution in [1.82, 2.24) is 4.90 Å². The lowest BCUT2D eigenvalue weighted by Gasteiger charge is -2.24. The largest absolute Gasteiger partial charge is 0.444 e. The highest BCUT2D eigenvalue weighted by molar-refractivity contribution is 6.31. The van der Waals surface area contributed by atoms with Crippen LogP contribution in [0.15, 0.2) is 18.2 Å². The number of halogens is 1. The number of likely N-dealkylation sites (tertiary alicyclic amines) is 1. The summed E-state index contributed by atoms with van der Waals surface area (Å²) < 4.78 is 5.33. The lowest BCUT2D eigenvalue weighted by atomic mass is 10.2. The molecule has 1 heterocycles. The first-order chi connectivity index (χ1) is 10.7. The summed E-state index contributed by atoms with van der Waals surface area (Å²) in [5.74, 6) is 0. The van der Waals surface area contributed by atoms with Crippen molar-refractivity contribution < 1.29 is 14.5 Å². The maximum atomic E-state index is 12.0. The van der Waals surface area contributed by atoms with Gasteiger partial charge >= 0.3 is 6.09 Å². The Morgan fingerprint density at radius 2 is 2.17 bits per heavy atom. The minimum absolute atomic E-state index is 0.0369. The van der Waals surface area contributed by atoms with Crippen molar-refractivity contribution in [2.75, 3.05) is 18.4 Å². The van der Waals surface area contributed by atoms with Crippen LogP contribution in [0.25, 0.3) is 0 Å². The van der Waals surface area contributed by atoms with Gasteiger partial charge in [-0.2, -0.15) is 0 Å². The summed E-state index contributed by atoms with van der Waals surface area (Å²) >= 11 is 5.91. The Hall–Kier alpha value is -2.02. The number of carbonyl (C=O) groups is 1. The number of hydrogen-bond donors (Lipinski definition) is 1. The van der Waals surface area contributed by atoms with Gasteiger partial charge in [0, 0.05) is 30.2 Å².